The summed E-state index contributed by atoms with van der Waals surface area (Å²) in [6.07, 6.45) is 7.94. The Bertz CT molecular complexity index is 717. The fraction of sp³-hybridized carbons (Fsp3) is 0.400. The van der Waals surface area contributed by atoms with Gasteiger partial charge in [-0.2, -0.15) is 0 Å². The highest BCUT2D eigenvalue weighted by molar-refractivity contribution is 5.90. The van der Waals surface area contributed by atoms with Gasteiger partial charge in [0.1, 0.15) is 0 Å². The number of hydrogen-bond acceptors (Lipinski definition) is 4. The molecule has 4 rings (SSSR count). The normalized spacial score (nSPS) is 25.9. The molecule has 2 saturated heterocycles. The van der Waals surface area contributed by atoms with Gasteiger partial charge in [0.15, 0.2) is 6.23 Å². The average Bonchev–Trinajstić information content (AvgIpc) is 2.65. The zero-order valence-electron chi connectivity index (χ0n) is 13.7. The SMILES string of the molecule is O=C(OC1CCC2CCCN1C2)c1cncc(-c2ccccc2)c1. The summed E-state index contributed by atoms with van der Waals surface area (Å²) in [6, 6.07) is 11.8. The molecule has 1 aromatic carbocycles. The molecular formula is C20H22N2O2. The first-order valence-electron chi connectivity index (χ1n) is 8.75. The van der Waals surface area contributed by atoms with Gasteiger partial charge >= 0.3 is 5.97 Å². The topological polar surface area (TPSA) is 42.4 Å². The third-order valence-electron chi connectivity index (χ3n) is 5.10. The number of aromatic nitrogens is 1. The van der Waals surface area contributed by atoms with Crippen molar-refractivity contribution in [1.29, 1.82) is 0 Å². The molecule has 2 aliphatic rings. The van der Waals surface area contributed by atoms with Crippen LogP contribution in [0, 0.1) is 5.92 Å². The van der Waals surface area contributed by atoms with Crippen molar-refractivity contribution in [2.24, 2.45) is 5.92 Å². The van der Waals surface area contributed by atoms with Crippen molar-refractivity contribution in [3.63, 3.8) is 0 Å². The molecule has 1 aromatic heterocycles. The van der Waals surface area contributed by atoms with Gasteiger partial charge in [0.05, 0.1) is 5.56 Å². The van der Waals surface area contributed by atoms with Gasteiger partial charge in [-0.05, 0) is 43.2 Å². The first-order chi connectivity index (χ1) is 11.8. The van der Waals surface area contributed by atoms with Crippen molar-refractivity contribution in [3.05, 3.63) is 54.4 Å². The molecule has 3 heterocycles. The maximum Gasteiger partial charge on any atom is 0.341 e. The molecule has 0 radical (unpaired) electrons. The summed E-state index contributed by atoms with van der Waals surface area (Å²) in [6.45, 7) is 2.11. The zero-order chi connectivity index (χ0) is 16.4. The Balaban J connectivity index is 1.48. The fourth-order valence-corrected chi connectivity index (χ4v) is 3.82. The van der Waals surface area contributed by atoms with E-state index in [-0.39, 0.29) is 12.2 Å². The smallest absolute Gasteiger partial charge is 0.341 e. The van der Waals surface area contributed by atoms with Crippen molar-refractivity contribution >= 4 is 5.97 Å². The second kappa shape index (κ2) is 6.73. The number of esters is 1. The van der Waals surface area contributed by atoms with Crippen LogP contribution in [0.15, 0.2) is 48.8 Å². The van der Waals surface area contributed by atoms with Crippen molar-refractivity contribution in [2.75, 3.05) is 13.1 Å². The van der Waals surface area contributed by atoms with Crippen LogP contribution in [0.1, 0.15) is 36.0 Å². The van der Waals surface area contributed by atoms with E-state index in [0.29, 0.717) is 5.56 Å². The number of carbonyl (C=O) groups is 1. The Morgan fingerprint density at radius 2 is 1.96 bits per heavy atom. The predicted molar refractivity (Wildman–Crippen MR) is 92.4 cm³/mol. The minimum absolute atomic E-state index is 0.0746. The van der Waals surface area contributed by atoms with Crippen molar-refractivity contribution in [1.82, 2.24) is 9.88 Å². The van der Waals surface area contributed by atoms with Crippen molar-refractivity contribution < 1.29 is 9.53 Å². The van der Waals surface area contributed by atoms with Crippen molar-refractivity contribution in [3.8, 4) is 11.1 Å². The van der Waals surface area contributed by atoms with Crippen molar-refractivity contribution in [2.45, 2.75) is 31.9 Å². The Morgan fingerprint density at radius 1 is 1.08 bits per heavy atom. The van der Waals surface area contributed by atoms with Gasteiger partial charge < -0.3 is 4.74 Å². The maximum atomic E-state index is 12.6. The predicted octanol–water partition coefficient (Wildman–Crippen LogP) is 3.74. The second-order valence-corrected chi connectivity index (χ2v) is 6.77. The van der Waals surface area contributed by atoms with E-state index in [1.165, 1.54) is 12.8 Å². The lowest BCUT2D eigenvalue weighted by atomic mass is 9.89. The zero-order valence-corrected chi connectivity index (χ0v) is 13.7. The molecule has 4 nitrogen and oxygen atoms in total. The average molecular weight is 322 g/mol. The largest absolute Gasteiger partial charge is 0.443 e. The number of fused-ring (bicyclic) bond motifs is 2. The lowest BCUT2D eigenvalue weighted by Crippen LogP contribution is -2.48. The van der Waals surface area contributed by atoms with Crippen LogP contribution >= 0.6 is 0 Å². The fourth-order valence-electron chi connectivity index (χ4n) is 3.82. The molecule has 24 heavy (non-hydrogen) atoms. The van der Waals surface area contributed by atoms with Crippen LogP contribution in [-0.4, -0.2) is 35.2 Å². The van der Waals surface area contributed by atoms with Crippen LogP contribution in [-0.2, 0) is 4.74 Å². The molecule has 3 atom stereocenters. The minimum Gasteiger partial charge on any atom is -0.443 e. The molecule has 0 spiro atoms. The molecule has 2 aromatic rings. The Labute approximate surface area is 142 Å². The van der Waals surface area contributed by atoms with E-state index in [2.05, 4.69) is 9.88 Å². The number of benzene rings is 1. The number of rotatable bonds is 3. The van der Waals surface area contributed by atoms with E-state index in [9.17, 15) is 4.79 Å². The lowest BCUT2D eigenvalue weighted by Gasteiger charge is -2.42. The summed E-state index contributed by atoms with van der Waals surface area (Å²) in [7, 11) is 0. The summed E-state index contributed by atoms with van der Waals surface area (Å²) in [5, 5.41) is 0. The van der Waals surface area contributed by atoms with Gasteiger partial charge in [-0.3, -0.25) is 9.88 Å². The van der Waals surface area contributed by atoms with Crippen LogP contribution in [0.4, 0.5) is 0 Å². The van der Waals surface area contributed by atoms with Crippen LogP contribution in [0.3, 0.4) is 0 Å². The molecular weight excluding hydrogens is 300 g/mol. The van der Waals surface area contributed by atoms with Gasteiger partial charge in [0.2, 0.25) is 0 Å². The third kappa shape index (κ3) is 3.20. The first kappa shape index (κ1) is 15.3. The van der Waals surface area contributed by atoms with Gasteiger partial charge in [-0.25, -0.2) is 4.79 Å². The summed E-state index contributed by atoms with van der Waals surface area (Å²) in [5.74, 6) is 0.520. The molecule has 2 fully saturated rings. The monoisotopic (exact) mass is 322 g/mol. The number of pyridine rings is 1. The quantitative estimate of drug-likeness (QED) is 0.807. The third-order valence-corrected chi connectivity index (χ3v) is 5.10. The number of carbonyl (C=O) groups excluding carboxylic acids is 1. The van der Waals surface area contributed by atoms with Gasteiger partial charge in [-0.15, -0.1) is 0 Å². The van der Waals surface area contributed by atoms with E-state index >= 15 is 0 Å². The Morgan fingerprint density at radius 3 is 2.83 bits per heavy atom. The van der Waals surface area contributed by atoms with E-state index in [0.717, 1.165) is 43.0 Å². The van der Waals surface area contributed by atoms with Crippen LogP contribution in [0.2, 0.25) is 0 Å². The highest BCUT2D eigenvalue weighted by Gasteiger charge is 2.33. The highest BCUT2D eigenvalue weighted by Crippen LogP contribution is 2.31. The molecule has 0 saturated carbocycles. The molecule has 3 unspecified atom stereocenters. The summed E-state index contributed by atoms with van der Waals surface area (Å²) in [4.78, 5) is 19.1. The minimum atomic E-state index is -0.269. The molecule has 124 valence electrons. The standard InChI is InChI=1S/C20H22N2O2/c23-20(24-19-9-8-15-5-4-10-22(19)14-15)18-11-17(12-21-13-18)16-6-2-1-3-7-16/h1-3,6-7,11-13,15,19H,4-5,8-10,14H2. The highest BCUT2D eigenvalue weighted by atomic mass is 16.6. The summed E-state index contributed by atoms with van der Waals surface area (Å²) in [5.41, 5.74) is 2.51. The summed E-state index contributed by atoms with van der Waals surface area (Å²) < 4.78 is 5.80. The van der Waals surface area contributed by atoms with Gasteiger partial charge in [0.25, 0.3) is 0 Å². The van der Waals surface area contributed by atoms with E-state index in [4.69, 9.17) is 4.74 Å². The summed E-state index contributed by atoms with van der Waals surface area (Å²) >= 11 is 0. The van der Waals surface area contributed by atoms with E-state index in [1.54, 1.807) is 12.4 Å². The number of piperidine rings is 2. The number of nitrogens with zero attached hydrogens (tertiary/aromatic N) is 2. The van der Waals surface area contributed by atoms with Crippen LogP contribution in [0.5, 0.6) is 0 Å². The number of ether oxygens (including phenoxy) is 1. The molecule has 0 aliphatic carbocycles. The molecule has 2 aliphatic heterocycles. The Hall–Kier alpha value is -2.20. The first-order valence-corrected chi connectivity index (χ1v) is 8.75. The lowest BCUT2D eigenvalue weighted by molar-refractivity contribution is -0.0758. The van der Waals surface area contributed by atoms with E-state index < -0.39 is 0 Å². The molecule has 0 N–H and O–H groups in total. The van der Waals surface area contributed by atoms with Gasteiger partial charge in [-0.1, -0.05) is 30.3 Å². The van der Waals surface area contributed by atoms with E-state index in [1.807, 2.05) is 36.4 Å². The van der Waals surface area contributed by atoms with Gasteiger partial charge in [0, 0.05) is 31.0 Å². The van der Waals surface area contributed by atoms with Crippen LogP contribution < -0.4 is 0 Å². The number of hydrogen-bond donors (Lipinski definition) is 0. The maximum absolute atomic E-state index is 12.6. The van der Waals surface area contributed by atoms with Crippen LogP contribution in [0.25, 0.3) is 11.1 Å². The molecule has 2 bridgehead atoms. The molecule has 0 amide bonds. The second-order valence-electron chi connectivity index (χ2n) is 6.77. The molecule has 4 heteroatoms. The Kier molecular flexibility index (Phi) is 4.30.